The summed E-state index contributed by atoms with van der Waals surface area (Å²) in [7, 11) is 0. The largest absolute Gasteiger partial charge is 0.487 e. The van der Waals surface area contributed by atoms with Crippen molar-refractivity contribution in [1.29, 1.82) is 0 Å². The summed E-state index contributed by atoms with van der Waals surface area (Å²) in [6.45, 7) is 6.31. The Morgan fingerprint density at radius 1 is 1.40 bits per heavy atom. The number of rotatable bonds is 3. The van der Waals surface area contributed by atoms with E-state index in [0.29, 0.717) is 0 Å². The zero-order valence-corrected chi connectivity index (χ0v) is 12.8. The number of nitrogens with one attached hydrogen (secondary N) is 1. The van der Waals surface area contributed by atoms with Crippen LogP contribution < -0.4 is 10.1 Å². The number of ether oxygens (including phenoxy) is 1. The van der Waals surface area contributed by atoms with Crippen LogP contribution in [-0.2, 0) is 6.42 Å². The minimum atomic E-state index is -0.176. The molecule has 1 N–H and O–H groups in total. The van der Waals surface area contributed by atoms with Crippen LogP contribution in [0.2, 0.25) is 0 Å². The summed E-state index contributed by atoms with van der Waals surface area (Å²) in [6, 6.07) is 8.42. The van der Waals surface area contributed by atoms with Gasteiger partial charge in [0, 0.05) is 29.9 Å². The molecule has 1 aliphatic rings. The molecule has 0 fully saturated rings. The maximum absolute atomic E-state index is 6.04. The number of aromatic nitrogens is 2. The molecule has 1 atom stereocenters. The summed E-state index contributed by atoms with van der Waals surface area (Å²) in [4.78, 5) is 4.50. The first-order chi connectivity index (χ1) is 9.57. The van der Waals surface area contributed by atoms with E-state index >= 15 is 0 Å². The standard InChI is InChI=1S/C15H19N3OS/c1-4-13-17-14(20-18-13)16-11-9-15(2,3)19-12-8-6-5-7-10(11)12/h5-8,11H,4,9H2,1-3H3,(H,16,17,18). The van der Waals surface area contributed by atoms with Crippen molar-refractivity contribution >= 4 is 16.7 Å². The zero-order chi connectivity index (χ0) is 14.2. The van der Waals surface area contributed by atoms with E-state index in [1.165, 1.54) is 17.1 Å². The summed E-state index contributed by atoms with van der Waals surface area (Å²) in [6.07, 6.45) is 1.78. The number of anilines is 1. The highest BCUT2D eigenvalue weighted by atomic mass is 32.1. The molecule has 1 unspecified atom stereocenters. The van der Waals surface area contributed by atoms with Crippen molar-refractivity contribution in [2.45, 2.75) is 45.3 Å². The van der Waals surface area contributed by atoms with E-state index in [1.807, 2.05) is 18.2 Å². The van der Waals surface area contributed by atoms with Crippen molar-refractivity contribution < 1.29 is 4.74 Å². The average Bonchev–Trinajstić information content (AvgIpc) is 2.85. The number of para-hydroxylation sites is 1. The number of hydrogen-bond acceptors (Lipinski definition) is 5. The van der Waals surface area contributed by atoms with Crippen LogP contribution in [0.4, 0.5) is 5.13 Å². The second-order valence-corrected chi connectivity index (χ2v) is 6.42. The van der Waals surface area contributed by atoms with Gasteiger partial charge in [-0.25, -0.2) is 4.98 Å². The van der Waals surface area contributed by atoms with E-state index < -0.39 is 0 Å². The van der Waals surface area contributed by atoms with E-state index in [2.05, 4.69) is 41.5 Å². The van der Waals surface area contributed by atoms with Gasteiger partial charge in [-0.1, -0.05) is 25.1 Å². The average molecular weight is 289 g/mol. The summed E-state index contributed by atoms with van der Waals surface area (Å²) >= 11 is 1.43. The molecule has 0 spiro atoms. The third kappa shape index (κ3) is 2.63. The number of fused-ring (bicyclic) bond motifs is 1. The lowest BCUT2D eigenvalue weighted by Gasteiger charge is -2.37. The minimum Gasteiger partial charge on any atom is -0.487 e. The van der Waals surface area contributed by atoms with Crippen molar-refractivity contribution in [3.8, 4) is 5.75 Å². The summed E-state index contributed by atoms with van der Waals surface area (Å²) < 4.78 is 10.4. The topological polar surface area (TPSA) is 47.0 Å². The van der Waals surface area contributed by atoms with Gasteiger partial charge in [-0.15, -0.1) is 0 Å². The second kappa shape index (κ2) is 5.05. The molecule has 0 saturated carbocycles. The third-order valence-electron chi connectivity index (χ3n) is 3.46. The molecule has 20 heavy (non-hydrogen) atoms. The summed E-state index contributed by atoms with van der Waals surface area (Å²) in [5.74, 6) is 1.86. The van der Waals surface area contributed by atoms with Crippen LogP contribution >= 0.6 is 11.5 Å². The molecular formula is C15H19N3OS. The highest BCUT2D eigenvalue weighted by molar-refractivity contribution is 7.09. The molecule has 2 heterocycles. The van der Waals surface area contributed by atoms with Crippen molar-refractivity contribution in [2.24, 2.45) is 0 Å². The first kappa shape index (κ1) is 13.4. The molecule has 4 nitrogen and oxygen atoms in total. The molecular weight excluding hydrogens is 270 g/mol. The van der Waals surface area contributed by atoms with Crippen molar-refractivity contribution in [2.75, 3.05) is 5.32 Å². The first-order valence-corrected chi connectivity index (χ1v) is 7.72. The Morgan fingerprint density at radius 3 is 2.95 bits per heavy atom. The van der Waals surface area contributed by atoms with Gasteiger partial charge in [0.2, 0.25) is 5.13 Å². The number of aryl methyl sites for hydroxylation is 1. The molecule has 1 aromatic carbocycles. The minimum absolute atomic E-state index is 0.176. The van der Waals surface area contributed by atoms with Crippen LogP contribution in [-0.4, -0.2) is 15.0 Å². The van der Waals surface area contributed by atoms with E-state index in [9.17, 15) is 0 Å². The van der Waals surface area contributed by atoms with E-state index in [1.54, 1.807) is 0 Å². The number of hydrogen-bond donors (Lipinski definition) is 1. The summed E-state index contributed by atoms with van der Waals surface area (Å²) in [5, 5.41) is 4.40. The number of nitrogens with zero attached hydrogens (tertiary/aromatic N) is 2. The smallest absolute Gasteiger partial charge is 0.203 e. The van der Waals surface area contributed by atoms with Gasteiger partial charge in [0.1, 0.15) is 17.2 Å². The Kier molecular flexibility index (Phi) is 3.38. The Morgan fingerprint density at radius 2 is 2.20 bits per heavy atom. The zero-order valence-electron chi connectivity index (χ0n) is 12.0. The first-order valence-electron chi connectivity index (χ1n) is 6.94. The maximum Gasteiger partial charge on any atom is 0.203 e. The highest BCUT2D eigenvalue weighted by Gasteiger charge is 2.33. The van der Waals surface area contributed by atoms with Gasteiger partial charge in [0.15, 0.2) is 0 Å². The lowest BCUT2D eigenvalue weighted by molar-refractivity contribution is 0.0759. The van der Waals surface area contributed by atoms with E-state index in [-0.39, 0.29) is 11.6 Å². The Bertz CT molecular complexity index is 609. The fourth-order valence-electron chi connectivity index (χ4n) is 2.54. The van der Waals surface area contributed by atoms with Crippen LogP contribution in [0.25, 0.3) is 0 Å². The quantitative estimate of drug-likeness (QED) is 0.933. The third-order valence-corrected chi connectivity index (χ3v) is 4.14. The highest BCUT2D eigenvalue weighted by Crippen LogP contribution is 2.40. The lowest BCUT2D eigenvalue weighted by atomic mass is 9.90. The monoisotopic (exact) mass is 289 g/mol. The van der Waals surface area contributed by atoms with Crippen molar-refractivity contribution in [3.05, 3.63) is 35.7 Å². The van der Waals surface area contributed by atoms with Crippen molar-refractivity contribution in [1.82, 2.24) is 9.36 Å². The Labute approximate surface area is 123 Å². The molecule has 0 saturated heterocycles. The molecule has 1 aliphatic heterocycles. The summed E-state index contributed by atoms with van der Waals surface area (Å²) in [5.41, 5.74) is 1.02. The fourth-order valence-corrected chi connectivity index (χ4v) is 3.24. The molecule has 5 heteroatoms. The number of benzene rings is 1. The van der Waals surface area contributed by atoms with Crippen LogP contribution in [0.1, 0.15) is 44.6 Å². The fraction of sp³-hybridized carbons (Fsp3) is 0.467. The predicted octanol–water partition coefficient (Wildman–Crippen LogP) is 3.81. The molecule has 0 amide bonds. The molecule has 106 valence electrons. The molecule has 0 bridgehead atoms. The van der Waals surface area contributed by atoms with Gasteiger partial charge in [-0.3, -0.25) is 0 Å². The maximum atomic E-state index is 6.04. The molecule has 0 aliphatic carbocycles. The Balaban J connectivity index is 1.88. The molecule has 1 aromatic heterocycles. The van der Waals surface area contributed by atoms with Gasteiger partial charge >= 0.3 is 0 Å². The van der Waals surface area contributed by atoms with Gasteiger partial charge in [-0.05, 0) is 19.9 Å². The SMILES string of the molecule is CCc1nsc(NC2CC(C)(C)Oc3ccccc32)n1. The van der Waals surface area contributed by atoms with Crippen LogP contribution in [0.5, 0.6) is 5.75 Å². The van der Waals surface area contributed by atoms with Crippen LogP contribution in [0.3, 0.4) is 0 Å². The lowest BCUT2D eigenvalue weighted by Crippen LogP contribution is -2.37. The van der Waals surface area contributed by atoms with Crippen LogP contribution in [0.15, 0.2) is 24.3 Å². The van der Waals surface area contributed by atoms with Crippen molar-refractivity contribution in [3.63, 3.8) is 0 Å². The van der Waals surface area contributed by atoms with Gasteiger partial charge in [-0.2, -0.15) is 4.37 Å². The second-order valence-electron chi connectivity index (χ2n) is 5.67. The van der Waals surface area contributed by atoms with Gasteiger partial charge in [0.25, 0.3) is 0 Å². The van der Waals surface area contributed by atoms with E-state index in [4.69, 9.17) is 4.74 Å². The normalized spacial score (nSPS) is 20.1. The molecule has 0 radical (unpaired) electrons. The molecule has 3 rings (SSSR count). The van der Waals surface area contributed by atoms with Gasteiger partial charge in [0.05, 0.1) is 6.04 Å². The predicted molar refractivity (Wildman–Crippen MR) is 81.4 cm³/mol. The van der Waals surface area contributed by atoms with E-state index in [0.717, 1.165) is 29.5 Å². The molecule has 2 aromatic rings. The Hall–Kier alpha value is -1.62. The van der Waals surface area contributed by atoms with Gasteiger partial charge < -0.3 is 10.1 Å². The van der Waals surface area contributed by atoms with Crippen LogP contribution in [0, 0.1) is 0 Å².